The van der Waals surface area contributed by atoms with Crippen LogP contribution in [-0.4, -0.2) is 109 Å². The summed E-state index contributed by atoms with van der Waals surface area (Å²) in [5.74, 6) is -1.50. The van der Waals surface area contributed by atoms with Crippen LogP contribution >= 0.6 is 0 Å². The number of cyclic esters (lactones) is 1. The molecule has 4 heterocycles. The topological polar surface area (TPSA) is 141 Å². The molecular weight excluding hydrogens is 623 g/mol. The Kier molecular flexibility index (Phi) is 14.4. The zero-order chi connectivity index (χ0) is 34.5. The van der Waals surface area contributed by atoms with Gasteiger partial charge in [0.2, 0.25) is 5.91 Å². The molecule has 0 saturated carbocycles. The molecule has 4 bridgehead atoms. The number of ether oxygens (including phenoxy) is 3. The van der Waals surface area contributed by atoms with Crippen molar-refractivity contribution in [2.24, 2.45) is 5.92 Å². The fourth-order valence-corrected chi connectivity index (χ4v) is 5.91. The molecule has 0 aromatic carbocycles. The number of esters is 2. The molecule has 1 N–H and O–H groups in total. The van der Waals surface area contributed by atoms with Gasteiger partial charge in [0.15, 0.2) is 11.6 Å². The lowest BCUT2D eigenvalue weighted by Crippen LogP contribution is -2.37. The molecule has 4 rings (SSSR count). The second-order valence-corrected chi connectivity index (χ2v) is 12.6. The zero-order valence-electron chi connectivity index (χ0n) is 28.3. The van der Waals surface area contributed by atoms with E-state index in [1.807, 2.05) is 20.8 Å². The van der Waals surface area contributed by atoms with E-state index < -0.39 is 30.1 Å². The molecule has 0 radical (unpaired) electrons. The highest BCUT2D eigenvalue weighted by molar-refractivity contribution is 5.96. The Morgan fingerprint density at radius 2 is 2.00 bits per heavy atom. The molecule has 12 nitrogen and oxygen atoms in total. The van der Waals surface area contributed by atoms with Crippen molar-refractivity contribution < 1.29 is 42.2 Å². The molecule has 3 aliphatic rings. The number of alkyl halides is 1. The first-order valence-corrected chi connectivity index (χ1v) is 17.0. The SMILES string of the molecule is CC[C@H]1OC(=O)C2=CCN(C2)C(=O)c2coc(n2)CC(F)C[C@H](OC(=O)CCCN2CCOCC2)/C=C(C)/C=C/CNC(=O)CC[C@H]1C. The first-order valence-electron chi connectivity index (χ1n) is 17.0. The van der Waals surface area contributed by atoms with E-state index in [9.17, 15) is 19.2 Å². The molecule has 0 spiro atoms. The van der Waals surface area contributed by atoms with Crippen molar-refractivity contribution in [3.8, 4) is 0 Å². The van der Waals surface area contributed by atoms with Crippen molar-refractivity contribution >= 4 is 23.8 Å². The highest BCUT2D eigenvalue weighted by atomic mass is 19.1. The number of halogens is 1. The van der Waals surface area contributed by atoms with Crippen LogP contribution < -0.4 is 5.32 Å². The van der Waals surface area contributed by atoms with E-state index in [0.29, 0.717) is 38.0 Å². The van der Waals surface area contributed by atoms with E-state index >= 15 is 4.39 Å². The monoisotopic (exact) mass is 672 g/mol. The third-order valence-electron chi connectivity index (χ3n) is 8.73. The molecule has 1 unspecified atom stereocenters. The molecule has 1 aromatic rings. The highest BCUT2D eigenvalue weighted by Crippen LogP contribution is 2.22. The summed E-state index contributed by atoms with van der Waals surface area (Å²) in [6.45, 7) is 9.98. The summed E-state index contributed by atoms with van der Waals surface area (Å²) in [5, 5.41) is 2.86. The normalized spacial score (nSPS) is 27.6. The average Bonchev–Trinajstić information content (AvgIpc) is 3.75. The van der Waals surface area contributed by atoms with Gasteiger partial charge in [0, 0.05) is 45.4 Å². The van der Waals surface area contributed by atoms with Gasteiger partial charge in [0.1, 0.15) is 24.6 Å². The van der Waals surface area contributed by atoms with Gasteiger partial charge in [0.05, 0.1) is 31.8 Å². The number of nitrogens with zero attached hydrogens (tertiary/aromatic N) is 3. The Hall–Kier alpha value is -3.84. The van der Waals surface area contributed by atoms with E-state index in [0.717, 1.165) is 25.2 Å². The summed E-state index contributed by atoms with van der Waals surface area (Å²) < 4.78 is 37.7. The predicted octanol–water partition coefficient (Wildman–Crippen LogP) is 3.72. The quantitative estimate of drug-likeness (QED) is 0.445. The first-order chi connectivity index (χ1) is 23.1. The summed E-state index contributed by atoms with van der Waals surface area (Å²) in [4.78, 5) is 59.3. The minimum Gasteiger partial charge on any atom is -0.459 e. The van der Waals surface area contributed by atoms with Gasteiger partial charge in [-0.1, -0.05) is 37.6 Å². The van der Waals surface area contributed by atoms with Crippen LogP contribution in [0.2, 0.25) is 0 Å². The molecule has 48 heavy (non-hydrogen) atoms. The number of fused-ring (bicyclic) bond motifs is 4. The summed E-state index contributed by atoms with van der Waals surface area (Å²) >= 11 is 0. The standard InChI is InChI=1S/C35H49FN4O8/c1-4-30-25(3)9-10-31(41)37-12-5-7-24(2)19-28(47-33(42)8-6-13-39-15-17-45-18-16-39)20-27(36)21-32-38-29(23-46-32)34(43)40-14-11-26(22-40)35(44)48-30/h5,7,11,19,23,25,27-28,30H,4,6,8-10,12-18,20-22H2,1-3H3,(H,37,41)/b7-5+,24-19+/t25-,27?,28-,30-/m1/s1. The first kappa shape index (κ1) is 37.0. The molecule has 1 fully saturated rings. The van der Waals surface area contributed by atoms with Gasteiger partial charge in [-0.2, -0.15) is 0 Å². The van der Waals surface area contributed by atoms with Crippen LogP contribution in [0, 0.1) is 5.92 Å². The van der Waals surface area contributed by atoms with E-state index in [-0.39, 0.29) is 74.8 Å². The van der Waals surface area contributed by atoms with Crippen LogP contribution in [-0.2, 0) is 35.0 Å². The molecular formula is C35H49FN4O8. The van der Waals surface area contributed by atoms with Crippen molar-refractivity contribution in [2.75, 3.05) is 52.5 Å². The number of carbonyl (C=O) groups is 4. The zero-order valence-corrected chi connectivity index (χ0v) is 28.3. The molecule has 1 aromatic heterocycles. The van der Waals surface area contributed by atoms with Gasteiger partial charge in [-0.3, -0.25) is 19.3 Å². The van der Waals surface area contributed by atoms with Gasteiger partial charge < -0.3 is 28.8 Å². The van der Waals surface area contributed by atoms with Crippen LogP contribution in [0.15, 0.2) is 46.1 Å². The van der Waals surface area contributed by atoms with E-state index in [1.54, 1.807) is 24.3 Å². The number of aromatic nitrogens is 1. The summed E-state index contributed by atoms with van der Waals surface area (Å²) in [7, 11) is 0. The van der Waals surface area contributed by atoms with Crippen LogP contribution in [0.1, 0.15) is 75.7 Å². The van der Waals surface area contributed by atoms with Crippen molar-refractivity contribution in [1.82, 2.24) is 20.1 Å². The van der Waals surface area contributed by atoms with Gasteiger partial charge >= 0.3 is 11.9 Å². The number of oxazole rings is 1. The van der Waals surface area contributed by atoms with Crippen molar-refractivity contribution in [3.63, 3.8) is 0 Å². The summed E-state index contributed by atoms with van der Waals surface area (Å²) in [6.07, 6.45) is 7.22. The third kappa shape index (κ3) is 11.7. The largest absolute Gasteiger partial charge is 0.459 e. The number of rotatable bonds is 6. The minimum absolute atomic E-state index is 0.0112. The Bertz CT molecular complexity index is 1350. The number of morpholine rings is 1. The van der Waals surface area contributed by atoms with Crippen LogP contribution in [0.3, 0.4) is 0 Å². The Morgan fingerprint density at radius 1 is 1.21 bits per heavy atom. The maximum absolute atomic E-state index is 15.4. The van der Waals surface area contributed by atoms with Crippen LogP contribution in [0.25, 0.3) is 0 Å². The van der Waals surface area contributed by atoms with Gasteiger partial charge in [-0.05, 0) is 44.7 Å². The number of carbonyl (C=O) groups excluding carboxylic acids is 4. The lowest BCUT2D eigenvalue weighted by Gasteiger charge is -2.26. The number of amides is 2. The van der Waals surface area contributed by atoms with Crippen molar-refractivity contribution in [2.45, 2.75) is 84.1 Å². The lowest BCUT2D eigenvalue weighted by molar-refractivity contribution is -0.148. The maximum Gasteiger partial charge on any atom is 0.335 e. The lowest BCUT2D eigenvalue weighted by atomic mass is 9.96. The fraction of sp³-hybridized carbons (Fsp3) is 0.629. The summed E-state index contributed by atoms with van der Waals surface area (Å²) in [6, 6.07) is 0. The van der Waals surface area contributed by atoms with Crippen LogP contribution in [0.4, 0.5) is 4.39 Å². The Labute approximate surface area is 281 Å². The number of hydrogen-bond donors (Lipinski definition) is 1. The molecule has 3 aliphatic heterocycles. The number of allylic oxidation sites excluding steroid dienone is 2. The third-order valence-corrected chi connectivity index (χ3v) is 8.73. The summed E-state index contributed by atoms with van der Waals surface area (Å²) in [5.41, 5.74) is 1.11. The smallest absolute Gasteiger partial charge is 0.335 e. The molecule has 13 heteroatoms. The van der Waals surface area contributed by atoms with Crippen molar-refractivity contribution in [1.29, 1.82) is 0 Å². The van der Waals surface area contributed by atoms with E-state index in [1.165, 1.54) is 11.2 Å². The molecule has 0 aliphatic carbocycles. The fourth-order valence-electron chi connectivity index (χ4n) is 5.91. The molecule has 1 saturated heterocycles. The Balaban J connectivity index is 1.45. The van der Waals surface area contributed by atoms with E-state index in [4.69, 9.17) is 18.6 Å². The molecule has 2 amide bonds. The Morgan fingerprint density at radius 3 is 2.77 bits per heavy atom. The van der Waals surface area contributed by atoms with Gasteiger partial charge in [0.25, 0.3) is 5.91 Å². The van der Waals surface area contributed by atoms with E-state index in [2.05, 4.69) is 15.2 Å². The van der Waals surface area contributed by atoms with Gasteiger partial charge in [-0.15, -0.1) is 0 Å². The minimum atomic E-state index is -1.49. The number of nitrogens with one attached hydrogen (secondary N) is 1. The van der Waals surface area contributed by atoms with Crippen molar-refractivity contribution in [3.05, 3.63) is 53.3 Å². The number of hydrogen-bond acceptors (Lipinski definition) is 10. The second-order valence-electron chi connectivity index (χ2n) is 12.6. The highest BCUT2D eigenvalue weighted by Gasteiger charge is 2.30. The molecule has 4 atom stereocenters. The van der Waals surface area contributed by atoms with Crippen LogP contribution in [0.5, 0.6) is 0 Å². The second kappa shape index (κ2) is 18.6. The van der Waals surface area contributed by atoms with Gasteiger partial charge in [-0.25, -0.2) is 14.2 Å². The molecule has 264 valence electrons. The average molecular weight is 673 g/mol. The maximum atomic E-state index is 15.4. The predicted molar refractivity (Wildman–Crippen MR) is 175 cm³/mol.